The van der Waals surface area contributed by atoms with Crippen LogP contribution in [0.2, 0.25) is 0 Å². The number of halogens is 3. The van der Waals surface area contributed by atoms with Crippen LogP contribution in [0.3, 0.4) is 0 Å². The maximum Gasteiger partial charge on any atom is 0.389 e. The maximum atomic E-state index is 11.8. The SMILES string of the molecule is CCS(=O)(=O)CCCNCCCCC(F)(F)F. The van der Waals surface area contributed by atoms with Gasteiger partial charge in [0, 0.05) is 12.2 Å². The van der Waals surface area contributed by atoms with E-state index < -0.39 is 22.4 Å². The first-order valence-corrected chi connectivity index (χ1v) is 7.57. The Morgan fingerprint density at radius 1 is 1.06 bits per heavy atom. The number of hydrogen-bond donors (Lipinski definition) is 1. The number of hydrogen-bond acceptors (Lipinski definition) is 3. The smallest absolute Gasteiger partial charge is 0.317 e. The van der Waals surface area contributed by atoms with Crippen LogP contribution in [0.25, 0.3) is 0 Å². The van der Waals surface area contributed by atoms with Crippen LogP contribution in [0.15, 0.2) is 0 Å². The monoisotopic (exact) mass is 275 g/mol. The fraction of sp³-hybridized carbons (Fsp3) is 1.00. The van der Waals surface area contributed by atoms with E-state index >= 15 is 0 Å². The molecule has 0 saturated heterocycles. The fourth-order valence-corrected chi connectivity index (χ4v) is 2.13. The van der Waals surface area contributed by atoms with E-state index in [0.717, 1.165) is 0 Å². The molecule has 0 aromatic heterocycles. The maximum absolute atomic E-state index is 11.8. The van der Waals surface area contributed by atoms with Crippen LogP contribution in [0.1, 0.15) is 32.6 Å². The second kappa shape index (κ2) is 7.92. The summed E-state index contributed by atoms with van der Waals surface area (Å²) in [4.78, 5) is 0. The van der Waals surface area contributed by atoms with E-state index in [1.54, 1.807) is 6.92 Å². The Labute approximate surface area is 101 Å². The van der Waals surface area contributed by atoms with Crippen molar-refractivity contribution in [1.82, 2.24) is 5.32 Å². The van der Waals surface area contributed by atoms with Gasteiger partial charge in [-0.2, -0.15) is 13.2 Å². The average Bonchev–Trinajstić information content (AvgIpc) is 2.20. The van der Waals surface area contributed by atoms with Crippen molar-refractivity contribution in [1.29, 1.82) is 0 Å². The molecule has 0 bridgehead atoms. The Morgan fingerprint density at radius 3 is 2.18 bits per heavy atom. The van der Waals surface area contributed by atoms with Gasteiger partial charge in [-0.25, -0.2) is 8.42 Å². The van der Waals surface area contributed by atoms with Crippen LogP contribution in [-0.4, -0.2) is 39.2 Å². The third kappa shape index (κ3) is 12.0. The predicted molar refractivity (Wildman–Crippen MR) is 61.7 cm³/mol. The molecule has 0 unspecified atom stereocenters. The van der Waals surface area contributed by atoms with Gasteiger partial charge in [0.2, 0.25) is 0 Å². The Hall–Kier alpha value is -0.300. The Balaban J connectivity index is 3.31. The molecule has 0 amide bonds. The fourth-order valence-electron chi connectivity index (χ4n) is 1.26. The van der Waals surface area contributed by atoms with Crippen LogP contribution in [-0.2, 0) is 9.84 Å². The van der Waals surface area contributed by atoms with E-state index in [2.05, 4.69) is 5.32 Å². The first kappa shape index (κ1) is 16.7. The van der Waals surface area contributed by atoms with Crippen LogP contribution >= 0.6 is 0 Å². The van der Waals surface area contributed by atoms with Crippen LogP contribution in [0.4, 0.5) is 13.2 Å². The summed E-state index contributed by atoms with van der Waals surface area (Å²) in [6.45, 7) is 2.63. The molecule has 0 spiro atoms. The molecule has 0 fully saturated rings. The van der Waals surface area contributed by atoms with E-state index in [1.807, 2.05) is 0 Å². The summed E-state index contributed by atoms with van der Waals surface area (Å²) in [6, 6.07) is 0. The van der Waals surface area contributed by atoms with Crippen molar-refractivity contribution in [2.45, 2.75) is 38.8 Å². The molecule has 104 valence electrons. The van der Waals surface area contributed by atoms with Crippen LogP contribution in [0, 0.1) is 0 Å². The molecular formula is C10H20F3NO2S. The third-order valence-corrected chi connectivity index (χ3v) is 4.10. The van der Waals surface area contributed by atoms with Gasteiger partial charge >= 0.3 is 6.18 Å². The third-order valence-electron chi connectivity index (χ3n) is 2.31. The van der Waals surface area contributed by atoms with Crippen molar-refractivity contribution in [3.8, 4) is 0 Å². The van der Waals surface area contributed by atoms with Gasteiger partial charge in [0.1, 0.15) is 9.84 Å². The van der Waals surface area contributed by atoms with E-state index in [4.69, 9.17) is 0 Å². The van der Waals surface area contributed by atoms with E-state index in [1.165, 1.54) is 0 Å². The molecule has 0 rings (SSSR count). The molecule has 0 aliphatic heterocycles. The molecule has 0 radical (unpaired) electrons. The molecule has 0 aromatic carbocycles. The van der Waals surface area contributed by atoms with Crippen molar-refractivity contribution < 1.29 is 21.6 Å². The molecule has 17 heavy (non-hydrogen) atoms. The molecule has 1 N–H and O–H groups in total. The largest absolute Gasteiger partial charge is 0.389 e. The predicted octanol–water partition coefficient (Wildman–Crippen LogP) is 2.13. The van der Waals surface area contributed by atoms with Gasteiger partial charge in [0.05, 0.1) is 5.75 Å². The average molecular weight is 275 g/mol. The van der Waals surface area contributed by atoms with Crippen LogP contribution in [0.5, 0.6) is 0 Å². The van der Waals surface area contributed by atoms with Gasteiger partial charge in [-0.3, -0.25) is 0 Å². The number of sulfone groups is 1. The van der Waals surface area contributed by atoms with Gasteiger partial charge in [-0.1, -0.05) is 6.92 Å². The first-order chi connectivity index (χ1) is 7.77. The quantitative estimate of drug-likeness (QED) is 0.656. The highest BCUT2D eigenvalue weighted by atomic mass is 32.2. The van der Waals surface area contributed by atoms with Crippen molar-refractivity contribution in [3.05, 3.63) is 0 Å². The molecule has 0 heterocycles. The molecule has 3 nitrogen and oxygen atoms in total. The standard InChI is InChI=1S/C10H20F3NO2S/c1-2-17(15,16)9-5-8-14-7-4-3-6-10(11,12)13/h14H,2-9H2,1H3. The Kier molecular flexibility index (Phi) is 7.78. The highest BCUT2D eigenvalue weighted by molar-refractivity contribution is 7.91. The second-order valence-electron chi connectivity index (χ2n) is 3.91. The molecule has 0 aliphatic rings. The first-order valence-electron chi connectivity index (χ1n) is 5.75. The van der Waals surface area contributed by atoms with E-state index in [0.29, 0.717) is 25.9 Å². The van der Waals surface area contributed by atoms with Crippen LogP contribution < -0.4 is 5.32 Å². The minimum Gasteiger partial charge on any atom is -0.317 e. The normalized spacial score (nSPS) is 12.9. The van der Waals surface area contributed by atoms with Gasteiger partial charge in [0.25, 0.3) is 0 Å². The molecule has 0 aliphatic carbocycles. The summed E-state index contributed by atoms with van der Waals surface area (Å²) in [6.07, 6.45) is -3.74. The summed E-state index contributed by atoms with van der Waals surface area (Å²) < 4.78 is 57.5. The van der Waals surface area contributed by atoms with Crippen molar-refractivity contribution >= 4 is 9.84 Å². The number of alkyl halides is 3. The van der Waals surface area contributed by atoms with Gasteiger partial charge in [0.15, 0.2) is 0 Å². The molecule has 0 saturated carbocycles. The summed E-state index contributed by atoms with van der Waals surface area (Å²) in [5, 5.41) is 2.94. The Morgan fingerprint density at radius 2 is 1.65 bits per heavy atom. The minimum atomic E-state index is -4.07. The lowest BCUT2D eigenvalue weighted by Crippen LogP contribution is -2.20. The lowest BCUT2D eigenvalue weighted by atomic mass is 10.2. The molecule has 7 heteroatoms. The zero-order chi connectivity index (χ0) is 13.4. The number of unbranched alkanes of at least 4 members (excludes halogenated alkanes) is 1. The van der Waals surface area contributed by atoms with Crippen molar-refractivity contribution in [3.63, 3.8) is 0 Å². The lowest BCUT2D eigenvalue weighted by Gasteiger charge is -2.07. The zero-order valence-corrected chi connectivity index (χ0v) is 10.8. The summed E-state index contributed by atoms with van der Waals surface area (Å²) >= 11 is 0. The topological polar surface area (TPSA) is 46.2 Å². The lowest BCUT2D eigenvalue weighted by molar-refractivity contribution is -0.135. The molecule has 0 atom stereocenters. The molecular weight excluding hydrogens is 255 g/mol. The highest BCUT2D eigenvalue weighted by Gasteiger charge is 2.25. The van der Waals surface area contributed by atoms with Gasteiger partial charge in [-0.05, 0) is 32.4 Å². The zero-order valence-electron chi connectivity index (χ0n) is 10.0. The van der Waals surface area contributed by atoms with Crippen molar-refractivity contribution in [2.24, 2.45) is 0 Å². The minimum absolute atomic E-state index is 0.115. The number of nitrogens with one attached hydrogen (secondary N) is 1. The van der Waals surface area contributed by atoms with Gasteiger partial charge in [-0.15, -0.1) is 0 Å². The van der Waals surface area contributed by atoms with E-state index in [9.17, 15) is 21.6 Å². The summed E-state index contributed by atoms with van der Waals surface area (Å²) in [5.74, 6) is 0.275. The highest BCUT2D eigenvalue weighted by Crippen LogP contribution is 2.21. The van der Waals surface area contributed by atoms with E-state index in [-0.39, 0.29) is 17.9 Å². The van der Waals surface area contributed by atoms with Crippen molar-refractivity contribution in [2.75, 3.05) is 24.6 Å². The van der Waals surface area contributed by atoms with Gasteiger partial charge < -0.3 is 5.32 Å². The number of rotatable bonds is 9. The Bertz CT molecular complexity index is 288. The second-order valence-corrected chi connectivity index (χ2v) is 6.38. The molecule has 0 aromatic rings. The summed E-state index contributed by atoms with van der Waals surface area (Å²) in [7, 11) is -2.93. The summed E-state index contributed by atoms with van der Waals surface area (Å²) in [5.41, 5.74) is 0.